The van der Waals surface area contributed by atoms with Crippen molar-refractivity contribution < 1.29 is 19.1 Å². The van der Waals surface area contributed by atoms with E-state index in [2.05, 4.69) is 5.32 Å². The first kappa shape index (κ1) is 22.8. The maximum absolute atomic E-state index is 13.5. The number of carbonyl (C=O) groups excluding carboxylic acids is 1. The molecule has 1 atom stereocenters. The first-order chi connectivity index (χ1) is 15.9. The van der Waals surface area contributed by atoms with Gasteiger partial charge in [0.1, 0.15) is 29.8 Å². The highest BCUT2D eigenvalue weighted by Crippen LogP contribution is 2.35. The molecule has 1 unspecified atom stereocenters. The predicted molar refractivity (Wildman–Crippen MR) is 131 cm³/mol. The van der Waals surface area contributed by atoms with Crippen LogP contribution in [0.1, 0.15) is 35.3 Å². The van der Waals surface area contributed by atoms with E-state index >= 15 is 0 Å². The van der Waals surface area contributed by atoms with E-state index in [9.17, 15) is 9.90 Å². The summed E-state index contributed by atoms with van der Waals surface area (Å²) in [7, 11) is 0. The number of furan rings is 1. The number of para-hydroxylation sites is 1. The quantitative estimate of drug-likeness (QED) is 0.340. The first-order valence-corrected chi connectivity index (χ1v) is 11.2. The molecule has 0 amide bonds. The minimum Gasteiger partial charge on any atom is -0.491 e. The van der Waals surface area contributed by atoms with Crippen LogP contribution in [0.2, 0.25) is 0 Å². The van der Waals surface area contributed by atoms with Crippen molar-refractivity contribution >= 4 is 16.8 Å². The molecule has 0 bridgehead atoms. The van der Waals surface area contributed by atoms with Crippen molar-refractivity contribution in [2.24, 2.45) is 0 Å². The van der Waals surface area contributed by atoms with E-state index in [-0.39, 0.29) is 12.4 Å². The van der Waals surface area contributed by atoms with Gasteiger partial charge in [-0.05, 0) is 37.3 Å². The Labute approximate surface area is 194 Å². The average Bonchev–Trinajstić information content (AvgIpc) is 3.21. The number of carbonyl (C=O) groups is 1. The van der Waals surface area contributed by atoms with Gasteiger partial charge < -0.3 is 19.6 Å². The highest BCUT2D eigenvalue weighted by Gasteiger charge is 2.23. The SMILES string of the molecule is Cc1ccc(C(=O)c2c(-c3ccc(OCC(O)CNC(C)C)cc3)oc3ccccc23)cc1. The van der Waals surface area contributed by atoms with Crippen molar-refractivity contribution in [2.75, 3.05) is 13.2 Å². The number of ether oxygens (including phenoxy) is 1. The molecule has 170 valence electrons. The molecule has 0 saturated heterocycles. The van der Waals surface area contributed by atoms with Crippen LogP contribution >= 0.6 is 0 Å². The summed E-state index contributed by atoms with van der Waals surface area (Å²) in [4.78, 5) is 13.5. The number of rotatable bonds is 9. The normalized spacial score (nSPS) is 12.3. The highest BCUT2D eigenvalue weighted by atomic mass is 16.5. The molecule has 0 saturated carbocycles. The second kappa shape index (κ2) is 10.0. The molecular weight excluding hydrogens is 414 g/mol. The molecule has 1 aromatic heterocycles. The van der Waals surface area contributed by atoms with Gasteiger partial charge in [-0.2, -0.15) is 0 Å². The van der Waals surface area contributed by atoms with Crippen LogP contribution in [0, 0.1) is 6.92 Å². The number of hydrogen-bond donors (Lipinski definition) is 2. The van der Waals surface area contributed by atoms with Crippen LogP contribution in [0.3, 0.4) is 0 Å². The molecule has 0 fully saturated rings. The Morgan fingerprint density at radius 3 is 2.39 bits per heavy atom. The predicted octanol–water partition coefficient (Wildman–Crippen LogP) is 5.38. The molecule has 1 heterocycles. The molecule has 0 radical (unpaired) electrons. The van der Waals surface area contributed by atoms with Gasteiger partial charge in [0.2, 0.25) is 0 Å². The van der Waals surface area contributed by atoms with Gasteiger partial charge in [0.05, 0.1) is 5.56 Å². The summed E-state index contributed by atoms with van der Waals surface area (Å²) in [6, 6.07) is 22.8. The van der Waals surface area contributed by atoms with Crippen molar-refractivity contribution in [3.63, 3.8) is 0 Å². The maximum atomic E-state index is 13.5. The van der Waals surface area contributed by atoms with E-state index in [0.29, 0.717) is 40.8 Å². The average molecular weight is 444 g/mol. The van der Waals surface area contributed by atoms with Crippen LogP contribution in [0.4, 0.5) is 0 Å². The molecule has 0 aliphatic heterocycles. The minimum atomic E-state index is -0.596. The maximum Gasteiger partial charge on any atom is 0.197 e. The largest absolute Gasteiger partial charge is 0.491 e. The van der Waals surface area contributed by atoms with Crippen molar-refractivity contribution in [3.8, 4) is 17.1 Å². The summed E-state index contributed by atoms with van der Waals surface area (Å²) >= 11 is 0. The van der Waals surface area contributed by atoms with Gasteiger partial charge in [-0.3, -0.25) is 4.79 Å². The number of aliphatic hydroxyl groups is 1. The van der Waals surface area contributed by atoms with E-state index in [4.69, 9.17) is 9.15 Å². The number of fused-ring (bicyclic) bond motifs is 1. The van der Waals surface area contributed by atoms with Gasteiger partial charge in [-0.25, -0.2) is 0 Å². The molecule has 0 spiro atoms. The molecule has 3 aromatic carbocycles. The van der Waals surface area contributed by atoms with Crippen LogP contribution in [-0.2, 0) is 0 Å². The highest BCUT2D eigenvalue weighted by molar-refractivity contribution is 6.19. The van der Waals surface area contributed by atoms with Gasteiger partial charge in [-0.15, -0.1) is 0 Å². The number of aliphatic hydroxyl groups excluding tert-OH is 1. The molecule has 2 N–H and O–H groups in total. The summed E-state index contributed by atoms with van der Waals surface area (Å²) in [5, 5.41) is 14.0. The van der Waals surface area contributed by atoms with Crippen LogP contribution in [0.5, 0.6) is 5.75 Å². The van der Waals surface area contributed by atoms with Gasteiger partial charge in [0, 0.05) is 29.1 Å². The fraction of sp³-hybridized carbons (Fsp3) is 0.250. The third kappa shape index (κ3) is 5.33. The summed E-state index contributed by atoms with van der Waals surface area (Å²) in [6.07, 6.45) is -0.596. The van der Waals surface area contributed by atoms with Crippen molar-refractivity contribution in [1.82, 2.24) is 5.32 Å². The van der Waals surface area contributed by atoms with E-state index in [1.807, 2.05) is 93.6 Å². The zero-order chi connectivity index (χ0) is 23.4. The topological polar surface area (TPSA) is 71.7 Å². The van der Waals surface area contributed by atoms with Crippen molar-refractivity contribution in [3.05, 3.63) is 89.5 Å². The third-order valence-electron chi connectivity index (χ3n) is 5.46. The molecule has 33 heavy (non-hydrogen) atoms. The molecule has 0 aliphatic carbocycles. The minimum absolute atomic E-state index is 0.0731. The fourth-order valence-electron chi connectivity index (χ4n) is 3.65. The first-order valence-electron chi connectivity index (χ1n) is 11.2. The number of hydrogen-bond acceptors (Lipinski definition) is 5. The fourth-order valence-corrected chi connectivity index (χ4v) is 3.65. The lowest BCUT2D eigenvalue weighted by Crippen LogP contribution is -2.35. The van der Waals surface area contributed by atoms with Crippen molar-refractivity contribution in [2.45, 2.75) is 32.9 Å². The molecule has 0 aliphatic rings. The lowest BCUT2D eigenvalue weighted by Gasteiger charge is -2.15. The third-order valence-corrected chi connectivity index (χ3v) is 5.46. The standard InChI is InChI=1S/C28H29NO4/c1-18(2)29-16-22(30)17-32-23-14-12-21(13-15-23)28-26(24-6-4-5-7-25(24)33-28)27(31)20-10-8-19(3)9-11-20/h4-15,18,22,29-30H,16-17H2,1-3H3. The number of aryl methyl sites for hydroxylation is 1. The number of benzene rings is 3. The van der Waals surface area contributed by atoms with Gasteiger partial charge in [0.25, 0.3) is 0 Å². The molecular formula is C28H29NO4. The van der Waals surface area contributed by atoms with E-state index in [1.54, 1.807) is 0 Å². The summed E-state index contributed by atoms with van der Waals surface area (Å²) in [5.41, 5.74) is 3.74. The zero-order valence-electron chi connectivity index (χ0n) is 19.2. The van der Waals surface area contributed by atoms with E-state index < -0.39 is 6.10 Å². The number of nitrogens with one attached hydrogen (secondary N) is 1. The zero-order valence-corrected chi connectivity index (χ0v) is 19.2. The lowest BCUT2D eigenvalue weighted by molar-refractivity contribution is 0.103. The van der Waals surface area contributed by atoms with E-state index in [0.717, 1.165) is 16.5 Å². The smallest absolute Gasteiger partial charge is 0.197 e. The van der Waals surface area contributed by atoms with Crippen LogP contribution in [0.25, 0.3) is 22.3 Å². The Kier molecular flexibility index (Phi) is 6.92. The van der Waals surface area contributed by atoms with Gasteiger partial charge in [0.15, 0.2) is 5.78 Å². The Balaban J connectivity index is 1.60. The Hall–Kier alpha value is -3.41. The molecule has 5 nitrogen and oxygen atoms in total. The van der Waals surface area contributed by atoms with Crippen LogP contribution < -0.4 is 10.1 Å². The molecule has 4 aromatic rings. The summed E-state index contributed by atoms with van der Waals surface area (Å²) in [6.45, 7) is 6.72. The van der Waals surface area contributed by atoms with Crippen LogP contribution in [-0.4, -0.2) is 36.2 Å². The van der Waals surface area contributed by atoms with Gasteiger partial charge in [-0.1, -0.05) is 61.9 Å². The Morgan fingerprint density at radius 2 is 1.70 bits per heavy atom. The Bertz CT molecular complexity index is 1220. The second-order valence-electron chi connectivity index (χ2n) is 8.55. The monoisotopic (exact) mass is 443 g/mol. The Morgan fingerprint density at radius 1 is 1.00 bits per heavy atom. The summed E-state index contributed by atoms with van der Waals surface area (Å²) in [5.74, 6) is 1.11. The summed E-state index contributed by atoms with van der Waals surface area (Å²) < 4.78 is 11.9. The lowest BCUT2D eigenvalue weighted by atomic mass is 9.97. The van der Waals surface area contributed by atoms with E-state index in [1.165, 1.54) is 0 Å². The van der Waals surface area contributed by atoms with Gasteiger partial charge >= 0.3 is 0 Å². The van der Waals surface area contributed by atoms with Crippen molar-refractivity contribution in [1.29, 1.82) is 0 Å². The van der Waals surface area contributed by atoms with Crippen LogP contribution in [0.15, 0.2) is 77.2 Å². The second-order valence-corrected chi connectivity index (χ2v) is 8.55. The number of ketones is 1. The molecule has 5 heteroatoms. The molecule has 4 rings (SSSR count).